The first-order valence-electron chi connectivity index (χ1n) is 10.1. The number of ether oxygens (including phenoxy) is 1. The van der Waals surface area contributed by atoms with Crippen LogP contribution < -0.4 is 4.74 Å². The molecule has 1 atom stereocenters. The van der Waals surface area contributed by atoms with Crippen molar-refractivity contribution in [3.8, 4) is 5.75 Å². The van der Waals surface area contributed by atoms with Crippen molar-refractivity contribution in [3.63, 3.8) is 0 Å². The molecule has 2 heterocycles. The summed E-state index contributed by atoms with van der Waals surface area (Å²) in [6.07, 6.45) is 0.737. The summed E-state index contributed by atoms with van der Waals surface area (Å²) in [5, 5.41) is 0. The van der Waals surface area contributed by atoms with Crippen LogP contribution in [0.1, 0.15) is 43.0 Å². The quantitative estimate of drug-likeness (QED) is 0.641. The standard InChI is InChI=1S/C22H27F3N2O3/c1-29-18-10-8-17(9-11-18)20-7-3-2-4-12-26(20)15-21(28)27(16-22(23,24)25)14-19-6-5-13-30-19/h5-6,8-11,13,20H,2-4,7,12,14-16H2,1H3. The molecule has 1 unspecified atom stereocenters. The van der Waals surface area contributed by atoms with Crippen LogP contribution in [0.25, 0.3) is 0 Å². The van der Waals surface area contributed by atoms with Crippen molar-refractivity contribution in [1.29, 1.82) is 0 Å². The highest BCUT2D eigenvalue weighted by molar-refractivity contribution is 5.78. The Hall–Kier alpha value is -2.48. The van der Waals surface area contributed by atoms with Crippen LogP contribution in [0.3, 0.4) is 0 Å². The van der Waals surface area contributed by atoms with Gasteiger partial charge in [-0.05, 0) is 49.2 Å². The molecule has 5 nitrogen and oxygen atoms in total. The van der Waals surface area contributed by atoms with Crippen LogP contribution in [0.15, 0.2) is 47.1 Å². The number of hydrogen-bond acceptors (Lipinski definition) is 4. The number of carbonyl (C=O) groups is 1. The molecular weight excluding hydrogens is 397 g/mol. The number of halogens is 3. The Morgan fingerprint density at radius 1 is 1.20 bits per heavy atom. The third-order valence-electron chi connectivity index (χ3n) is 5.35. The molecule has 8 heteroatoms. The second-order valence-corrected chi connectivity index (χ2v) is 7.55. The number of alkyl halides is 3. The zero-order valence-corrected chi connectivity index (χ0v) is 17.0. The molecule has 1 aromatic carbocycles. The van der Waals surface area contributed by atoms with Gasteiger partial charge in [0, 0.05) is 6.04 Å². The first-order valence-corrected chi connectivity index (χ1v) is 10.1. The van der Waals surface area contributed by atoms with Gasteiger partial charge in [0.05, 0.1) is 26.5 Å². The van der Waals surface area contributed by atoms with Crippen molar-refractivity contribution in [3.05, 3.63) is 54.0 Å². The van der Waals surface area contributed by atoms with E-state index in [1.807, 2.05) is 29.2 Å². The van der Waals surface area contributed by atoms with Gasteiger partial charge in [0.2, 0.25) is 5.91 Å². The molecule has 1 saturated heterocycles. The van der Waals surface area contributed by atoms with Gasteiger partial charge >= 0.3 is 6.18 Å². The Kier molecular flexibility index (Phi) is 7.42. The monoisotopic (exact) mass is 424 g/mol. The molecule has 1 fully saturated rings. The van der Waals surface area contributed by atoms with Gasteiger partial charge in [0.25, 0.3) is 0 Å². The van der Waals surface area contributed by atoms with Crippen molar-refractivity contribution in [2.75, 3.05) is 26.7 Å². The predicted molar refractivity (Wildman–Crippen MR) is 106 cm³/mol. The molecule has 1 aromatic heterocycles. The Bertz CT molecular complexity index is 791. The lowest BCUT2D eigenvalue weighted by atomic mass is 10.0. The number of likely N-dealkylation sites (tertiary alicyclic amines) is 1. The minimum absolute atomic E-state index is 0.0151. The SMILES string of the molecule is COc1ccc(C2CCCCCN2CC(=O)N(Cc2ccco2)CC(F)(F)F)cc1. The lowest BCUT2D eigenvalue weighted by Crippen LogP contribution is -2.45. The predicted octanol–water partition coefficient (Wildman–Crippen LogP) is 4.80. The zero-order chi connectivity index (χ0) is 21.6. The van der Waals surface area contributed by atoms with E-state index < -0.39 is 18.6 Å². The molecule has 0 bridgehead atoms. The third-order valence-corrected chi connectivity index (χ3v) is 5.35. The number of carbonyl (C=O) groups excluding carboxylic acids is 1. The Balaban J connectivity index is 1.76. The van der Waals surface area contributed by atoms with Crippen LogP contribution in [0.5, 0.6) is 5.75 Å². The topological polar surface area (TPSA) is 45.9 Å². The molecule has 1 amide bonds. The summed E-state index contributed by atoms with van der Waals surface area (Å²) in [6, 6.07) is 10.8. The van der Waals surface area contributed by atoms with Gasteiger partial charge in [-0.1, -0.05) is 25.0 Å². The van der Waals surface area contributed by atoms with Gasteiger partial charge in [-0.25, -0.2) is 0 Å². The maximum Gasteiger partial charge on any atom is 0.406 e. The van der Waals surface area contributed by atoms with Gasteiger partial charge in [0.1, 0.15) is 18.1 Å². The van der Waals surface area contributed by atoms with Crippen molar-refractivity contribution >= 4 is 5.91 Å². The fourth-order valence-electron chi connectivity index (χ4n) is 3.87. The molecule has 0 radical (unpaired) electrons. The highest BCUT2D eigenvalue weighted by atomic mass is 19.4. The number of furan rings is 1. The van der Waals surface area contributed by atoms with E-state index >= 15 is 0 Å². The van der Waals surface area contributed by atoms with E-state index in [2.05, 4.69) is 0 Å². The lowest BCUT2D eigenvalue weighted by molar-refractivity contribution is -0.163. The van der Waals surface area contributed by atoms with Crippen molar-refractivity contribution in [2.24, 2.45) is 0 Å². The van der Waals surface area contributed by atoms with Crippen LogP contribution in [0.2, 0.25) is 0 Å². The second kappa shape index (κ2) is 10.0. The van der Waals surface area contributed by atoms with Gasteiger partial charge in [-0.3, -0.25) is 9.69 Å². The number of rotatable bonds is 7. The molecule has 2 aromatic rings. The number of hydrogen-bond donors (Lipinski definition) is 0. The summed E-state index contributed by atoms with van der Waals surface area (Å²) in [6.45, 7) is -0.892. The van der Waals surface area contributed by atoms with Crippen LogP contribution in [-0.2, 0) is 11.3 Å². The van der Waals surface area contributed by atoms with Crippen LogP contribution in [0, 0.1) is 0 Å². The van der Waals surface area contributed by atoms with Crippen molar-refractivity contribution in [1.82, 2.24) is 9.80 Å². The normalized spacial score (nSPS) is 18.1. The lowest BCUT2D eigenvalue weighted by Gasteiger charge is -2.32. The van der Waals surface area contributed by atoms with E-state index in [-0.39, 0.29) is 19.1 Å². The van der Waals surface area contributed by atoms with Crippen LogP contribution in [-0.4, -0.2) is 48.6 Å². The first-order chi connectivity index (χ1) is 14.4. The molecular formula is C22H27F3N2O3. The van der Waals surface area contributed by atoms with E-state index in [0.29, 0.717) is 12.3 Å². The molecule has 0 spiro atoms. The molecule has 0 aliphatic carbocycles. The van der Waals surface area contributed by atoms with E-state index in [4.69, 9.17) is 9.15 Å². The summed E-state index contributed by atoms with van der Waals surface area (Å²) in [5.41, 5.74) is 1.04. The molecule has 30 heavy (non-hydrogen) atoms. The molecule has 1 aliphatic heterocycles. The van der Waals surface area contributed by atoms with Crippen LogP contribution >= 0.6 is 0 Å². The van der Waals surface area contributed by atoms with Crippen molar-refractivity contribution in [2.45, 2.75) is 44.4 Å². The average molecular weight is 424 g/mol. The van der Waals surface area contributed by atoms with E-state index in [1.165, 1.54) is 6.26 Å². The summed E-state index contributed by atoms with van der Waals surface area (Å²) in [7, 11) is 1.60. The van der Waals surface area contributed by atoms with Gasteiger partial charge in [0.15, 0.2) is 0 Å². The second-order valence-electron chi connectivity index (χ2n) is 7.55. The fraction of sp³-hybridized carbons (Fsp3) is 0.500. The average Bonchev–Trinajstić information content (AvgIpc) is 3.11. The maximum atomic E-state index is 13.1. The molecule has 1 aliphatic rings. The van der Waals surface area contributed by atoms with E-state index in [9.17, 15) is 18.0 Å². The molecule has 3 rings (SSSR count). The summed E-state index contributed by atoms with van der Waals surface area (Å²) >= 11 is 0. The van der Waals surface area contributed by atoms with E-state index in [1.54, 1.807) is 19.2 Å². The number of amides is 1. The number of methoxy groups -OCH3 is 1. The number of nitrogens with zero attached hydrogens (tertiary/aromatic N) is 2. The zero-order valence-electron chi connectivity index (χ0n) is 17.0. The first kappa shape index (κ1) is 22.2. The Morgan fingerprint density at radius 3 is 2.60 bits per heavy atom. The largest absolute Gasteiger partial charge is 0.497 e. The third kappa shape index (κ3) is 6.26. The van der Waals surface area contributed by atoms with Crippen molar-refractivity contribution < 1.29 is 27.1 Å². The Morgan fingerprint density at radius 2 is 1.97 bits per heavy atom. The highest BCUT2D eigenvalue weighted by Crippen LogP contribution is 2.31. The molecule has 0 N–H and O–H groups in total. The summed E-state index contributed by atoms with van der Waals surface area (Å²) < 4.78 is 49.7. The maximum absolute atomic E-state index is 13.1. The minimum Gasteiger partial charge on any atom is -0.497 e. The summed E-state index contributed by atoms with van der Waals surface area (Å²) in [5.74, 6) is 0.518. The Labute approximate surface area is 174 Å². The molecule has 0 saturated carbocycles. The van der Waals surface area contributed by atoms with E-state index in [0.717, 1.165) is 41.9 Å². The molecule has 164 valence electrons. The van der Waals surface area contributed by atoms with Crippen LogP contribution in [0.4, 0.5) is 13.2 Å². The summed E-state index contributed by atoms with van der Waals surface area (Å²) in [4.78, 5) is 15.8. The fourth-order valence-corrected chi connectivity index (χ4v) is 3.87. The van der Waals surface area contributed by atoms with Gasteiger partial charge < -0.3 is 14.1 Å². The van der Waals surface area contributed by atoms with Gasteiger partial charge in [-0.2, -0.15) is 13.2 Å². The highest BCUT2D eigenvalue weighted by Gasteiger charge is 2.35. The number of benzene rings is 1. The van der Waals surface area contributed by atoms with Gasteiger partial charge in [-0.15, -0.1) is 0 Å². The minimum atomic E-state index is -4.48. The smallest absolute Gasteiger partial charge is 0.406 e.